The number of ether oxygens (including phenoxy) is 1. The van der Waals surface area contributed by atoms with Gasteiger partial charge < -0.3 is 9.84 Å². The fourth-order valence-electron chi connectivity index (χ4n) is 1.89. The van der Waals surface area contributed by atoms with Gasteiger partial charge >= 0.3 is 5.97 Å². The van der Waals surface area contributed by atoms with Crippen LogP contribution in [0, 0.1) is 6.92 Å². The lowest BCUT2D eigenvalue weighted by molar-refractivity contribution is 0.0693. The van der Waals surface area contributed by atoms with Crippen LogP contribution in [0.5, 0.6) is 0 Å². The summed E-state index contributed by atoms with van der Waals surface area (Å²) in [6.07, 6.45) is 0. The highest BCUT2D eigenvalue weighted by molar-refractivity contribution is 5.88. The van der Waals surface area contributed by atoms with E-state index in [4.69, 9.17) is 9.84 Å². The quantitative estimate of drug-likeness (QED) is 0.903. The largest absolute Gasteiger partial charge is 0.477 e. The van der Waals surface area contributed by atoms with Crippen LogP contribution in [0.2, 0.25) is 0 Å². The van der Waals surface area contributed by atoms with Crippen LogP contribution in [0.4, 0.5) is 0 Å². The van der Waals surface area contributed by atoms with Gasteiger partial charge in [-0.05, 0) is 13.0 Å². The molecule has 110 valence electrons. The summed E-state index contributed by atoms with van der Waals surface area (Å²) < 4.78 is 6.04. The number of rotatable bonds is 5. The van der Waals surface area contributed by atoms with Gasteiger partial charge in [0.2, 0.25) is 0 Å². The monoisotopic (exact) mass is 288 g/mol. The predicted octanol–water partition coefficient (Wildman–Crippen LogP) is 1.56. The topological polar surface area (TPSA) is 81.4 Å². The van der Waals surface area contributed by atoms with Crippen LogP contribution in [0.25, 0.3) is 11.3 Å². The van der Waals surface area contributed by atoms with Crippen LogP contribution in [-0.2, 0) is 11.3 Å². The van der Waals surface area contributed by atoms with Crippen molar-refractivity contribution in [3.8, 4) is 11.3 Å². The molecule has 2 rings (SSSR count). The molecule has 2 aromatic rings. The lowest BCUT2D eigenvalue weighted by Crippen LogP contribution is -2.30. The molecule has 1 aromatic heterocycles. The molecule has 0 atom stereocenters. The van der Waals surface area contributed by atoms with E-state index in [1.807, 2.05) is 31.2 Å². The van der Waals surface area contributed by atoms with Gasteiger partial charge in [-0.3, -0.25) is 4.79 Å². The van der Waals surface area contributed by atoms with E-state index < -0.39 is 11.5 Å². The standard InChI is InChI=1S/C15H16N2O4/c1-10-3-5-11(6-4-10)13-9-12(15(19)20)14(18)17(16-13)7-8-21-2/h3-6,9H,7-8H2,1-2H3,(H,19,20). The molecule has 0 saturated heterocycles. The Kier molecular flexibility index (Phi) is 4.49. The van der Waals surface area contributed by atoms with Gasteiger partial charge in [-0.15, -0.1) is 0 Å². The molecule has 0 aliphatic rings. The molecule has 1 N–H and O–H groups in total. The molecule has 6 heteroatoms. The first-order chi connectivity index (χ1) is 10.0. The summed E-state index contributed by atoms with van der Waals surface area (Å²) in [6.45, 7) is 2.44. The molecule has 0 radical (unpaired) electrons. The Morgan fingerprint density at radius 1 is 1.33 bits per heavy atom. The zero-order valence-corrected chi connectivity index (χ0v) is 11.9. The van der Waals surface area contributed by atoms with Gasteiger partial charge in [0.1, 0.15) is 5.56 Å². The maximum atomic E-state index is 12.0. The van der Waals surface area contributed by atoms with Crippen LogP contribution in [0.15, 0.2) is 35.1 Å². The summed E-state index contributed by atoms with van der Waals surface area (Å²) >= 11 is 0. The first-order valence-corrected chi connectivity index (χ1v) is 6.44. The third-order valence-electron chi connectivity index (χ3n) is 3.06. The lowest BCUT2D eigenvalue weighted by Gasteiger charge is -2.09. The number of aromatic carboxylic acids is 1. The molecule has 0 bridgehead atoms. The van der Waals surface area contributed by atoms with E-state index in [2.05, 4.69) is 5.10 Å². The van der Waals surface area contributed by atoms with Gasteiger partial charge in [-0.1, -0.05) is 29.8 Å². The number of nitrogens with zero attached hydrogens (tertiary/aromatic N) is 2. The summed E-state index contributed by atoms with van der Waals surface area (Å²) in [6, 6.07) is 8.80. The maximum absolute atomic E-state index is 12.0. The van der Waals surface area contributed by atoms with Crippen molar-refractivity contribution in [1.29, 1.82) is 0 Å². The van der Waals surface area contributed by atoms with Crippen LogP contribution in [0.3, 0.4) is 0 Å². The average molecular weight is 288 g/mol. The minimum Gasteiger partial charge on any atom is -0.477 e. The Morgan fingerprint density at radius 3 is 2.57 bits per heavy atom. The van der Waals surface area contributed by atoms with E-state index in [9.17, 15) is 9.59 Å². The third-order valence-corrected chi connectivity index (χ3v) is 3.06. The molecule has 0 unspecified atom stereocenters. The molecule has 1 aromatic carbocycles. The number of aromatic nitrogens is 2. The molecule has 0 spiro atoms. The number of carboxylic acids is 1. The molecule has 21 heavy (non-hydrogen) atoms. The number of benzene rings is 1. The highest BCUT2D eigenvalue weighted by Crippen LogP contribution is 2.17. The van der Waals surface area contributed by atoms with Crippen molar-refractivity contribution >= 4 is 5.97 Å². The van der Waals surface area contributed by atoms with Crippen molar-refractivity contribution < 1.29 is 14.6 Å². The number of hydrogen-bond acceptors (Lipinski definition) is 4. The summed E-state index contributed by atoms with van der Waals surface area (Å²) in [4.78, 5) is 23.2. The Labute approximate surface area is 121 Å². The minimum atomic E-state index is -1.26. The summed E-state index contributed by atoms with van der Waals surface area (Å²) in [7, 11) is 1.51. The van der Waals surface area contributed by atoms with Gasteiger partial charge in [0.15, 0.2) is 0 Å². The van der Waals surface area contributed by atoms with Crippen LogP contribution in [-0.4, -0.2) is 34.6 Å². The second kappa shape index (κ2) is 6.32. The Balaban J connectivity index is 2.55. The fraction of sp³-hybridized carbons (Fsp3) is 0.267. The summed E-state index contributed by atoms with van der Waals surface area (Å²) in [5, 5.41) is 13.4. The van der Waals surface area contributed by atoms with E-state index >= 15 is 0 Å². The van der Waals surface area contributed by atoms with Crippen LogP contribution < -0.4 is 5.56 Å². The van der Waals surface area contributed by atoms with Crippen molar-refractivity contribution in [1.82, 2.24) is 9.78 Å². The minimum absolute atomic E-state index is 0.204. The van der Waals surface area contributed by atoms with Crippen molar-refractivity contribution in [3.05, 3.63) is 51.8 Å². The predicted molar refractivity (Wildman–Crippen MR) is 77.5 cm³/mol. The van der Waals surface area contributed by atoms with E-state index in [1.165, 1.54) is 13.2 Å². The molecular formula is C15H16N2O4. The average Bonchev–Trinajstić information content (AvgIpc) is 2.47. The Morgan fingerprint density at radius 2 is 2.00 bits per heavy atom. The van der Waals surface area contributed by atoms with E-state index in [-0.39, 0.29) is 18.7 Å². The smallest absolute Gasteiger partial charge is 0.341 e. The zero-order chi connectivity index (χ0) is 15.4. The first kappa shape index (κ1) is 14.9. The summed E-state index contributed by atoms with van der Waals surface area (Å²) in [5.74, 6) is -1.26. The normalized spacial score (nSPS) is 10.6. The number of carbonyl (C=O) groups is 1. The van der Waals surface area contributed by atoms with Crippen LogP contribution >= 0.6 is 0 Å². The van der Waals surface area contributed by atoms with Crippen molar-refractivity contribution in [2.75, 3.05) is 13.7 Å². The molecule has 0 fully saturated rings. The molecule has 0 saturated carbocycles. The zero-order valence-electron chi connectivity index (χ0n) is 11.9. The second-order valence-electron chi connectivity index (χ2n) is 4.64. The fourth-order valence-corrected chi connectivity index (χ4v) is 1.89. The van der Waals surface area contributed by atoms with E-state index in [0.717, 1.165) is 15.8 Å². The van der Waals surface area contributed by atoms with Gasteiger partial charge in [0.25, 0.3) is 5.56 Å². The SMILES string of the molecule is COCCn1nc(-c2ccc(C)cc2)cc(C(=O)O)c1=O. The van der Waals surface area contributed by atoms with Crippen molar-refractivity contribution in [3.63, 3.8) is 0 Å². The molecule has 0 aliphatic heterocycles. The van der Waals surface area contributed by atoms with E-state index in [1.54, 1.807) is 0 Å². The van der Waals surface area contributed by atoms with Crippen LogP contribution in [0.1, 0.15) is 15.9 Å². The van der Waals surface area contributed by atoms with Gasteiger partial charge in [0, 0.05) is 12.7 Å². The van der Waals surface area contributed by atoms with Gasteiger partial charge in [0.05, 0.1) is 18.8 Å². The number of carboxylic acid groups (broad SMARTS) is 1. The number of hydrogen-bond donors (Lipinski definition) is 1. The lowest BCUT2D eigenvalue weighted by atomic mass is 10.1. The number of methoxy groups -OCH3 is 1. The number of aryl methyl sites for hydroxylation is 1. The van der Waals surface area contributed by atoms with Gasteiger partial charge in [-0.2, -0.15) is 5.10 Å². The van der Waals surface area contributed by atoms with Crippen molar-refractivity contribution in [2.45, 2.75) is 13.5 Å². The molecule has 0 aliphatic carbocycles. The van der Waals surface area contributed by atoms with Crippen molar-refractivity contribution in [2.24, 2.45) is 0 Å². The molecule has 0 amide bonds. The Hall–Kier alpha value is -2.47. The highest BCUT2D eigenvalue weighted by atomic mass is 16.5. The van der Waals surface area contributed by atoms with E-state index in [0.29, 0.717) is 5.69 Å². The summed E-state index contributed by atoms with van der Waals surface area (Å²) in [5.41, 5.74) is 1.37. The molecule has 6 nitrogen and oxygen atoms in total. The Bertz CT molecular complexity index is 705. The van der Waals surface area contributed by atoms with Gasteiger partial charge in [-0.25, -0.2) is 9.48 Å². The highest BCUT2D eigenvalue weighted by Gasteiger charge is 2.15. The third kappa shape index (κ3) is 3.35. The first-order valence-electron chi connectivity index (χ1n) is 6.44. The molecule has 1 heterocycles. The second-order valence-corrected chi connectivity index (χ2v) is 4.64. The molecular weight excluding hydrogens is 272 g/mol. The maximum Gasteiger partial charge on any atom is 0.341 e.